The number of hydrogen-bond acceptors (Lipinski definition) is 0. The van der Waals surface area contributed by atoms with Gasteiger partial charge in [0.15, 0.2) is 0 Å². The van der Waals surface area contributed by atoms with Crippen LogP contribution < -0.4 is 12.4 Å². The van der Waals surface area contributed by atoms with Gasteiger partial charge in [-0.3, -0.25) is 0 Å². The maximum Gasteiger partial charge on any atom is 2.00 e. The number of halogens is 1. The maximum absolute atomic E-state index is 2.23. The molecule has 0 bridgehead atoms. The SMILES string of the molecule is C[C-]1CCC1.[Cl-].[Mg+2]. The minimum Gasteiger partial charge on any atom is -1.00 e. The average Bonchev–Trinajstić information content (AvgIpc) is 1.30. The molecule has 0 unspecified atom stereocenters. The molecule has 0 atom stereocenters. The fraction of sp³-hybridized carbons (Fsp3) is 0.800. The van der Waals surface area contributed by atoms with Crippen LogP contribution in [0.2, 0.25) is 0 Å². The first-order valence-electron chi connectivity index (χ1n) is 2.21. The van der Waals surface area contributed by atoms with Crippen molar-refractivity contribution in [3.63, 3.8) is 0 Å². The van der Waals surface area contributed by atoms with E-state index in [9.17, 15) is 0 Å². The van der Waals surface area contributed by atoms with Crippen molar-refractivity contribution in [3.05, 3.63) is 5.92 Å². The Balaban J connectivity index is 0. The monoisotopic (exact) mass is 128 g/mol. The van der Waals surface area contributed by atoms with E-state index in [0.29, 0.717) is 0 Å². The van der Waals surface area contributed by atoms with E-state index in [1.54, 1.807) is 5.92 Å². The van der Waals surface area contributed by atoms with Gasteiger partial charge in [-0.1, -0.05) is 0 Å². The summed E-state index contributed by atoms with van der Waals surface area (Å²) < 4.78 is 0. The van der Waals surface area contributed by atoms with Gasteiger partial charge in [0.25, 0.3) is 0 Å². The zero-order valence-electron chi connectivity index (χ0n) is 4.71. The molecule has 38 valence electrons. The molecule has 1 aliphatic rings. The summed E-state index contributed by atoms with van der Waals surface area (Å²) in [6.07, 6.45) is 4.26. The van der Waals surface area contributed by atoms with Gasteiger partial charge in [0.1, 0.15) is 0 Å². The van der Waals surface area contributed by atoms with Crippen LogP contribution in [-0.2, 0) is 0 Å². The number of rotatable bonds is 0. The Morgan fingerprint density at radius 1 is 1.29 bits per heavy atom. The largest absolute Gasteiger partial charge is 2.00 e. The predicted octanol–water partition coefficient (Wildman–Crippen LogP) is -1.61. The van der Waals surface area contributed by atoms with E-state index >= 15 is 0 Å². The van der Waals surface area contributed by atoms with E-state index in [1.165, 1.54) is 19.3 Å². The summed E-state index contributed by atoms with van der Waals surface area (Å²) >= 11 is 0. The summed E-state index contributed by atoms with van der Waals surface area (Å²) in [7, 11) is 0. The molecule has 0 N–H and O–H groups in total. The molecule has 0 aliphatic heterocycles. The first-order chi connectivity index (χ1) is 2.39. The first-order valence-corrected chi connectivity index (χ1v) is 2.21. The van der Waals surface area contributed by atoms with E-state index < -0.39 is 0 Å². The van der Waals surface area contributed by atoms with Crippen LogP contribution in [0.25, 0.3) is 0 Å². The van der Waals surface area contributed by atoms with E-state index in [1.807, 2.05) is 0 Å². The van der Waals surface area contributed by atoms with Crippen molar-refractivity contribution in [2.45, 2.75) is 26.2 Å². The maximum atomic E-state index is 2.23. The Hall–Kier alpha value is 1.06. The van der Waals surface area contributed by atoms with Crippen molar-refractivity contribution in [1.29, 1.82) is 0 Å². The van der Waals surface area contributed by atoms with Crippen LogP contribution in [0, 0.1) is 5.92 Å². The van der Waals surface area contributed by atoms with Crippen LogP contribution in [0.4, 0.5) is 0 Å². The molecule has 1 aliphatic carbocycles. The fourth-order valence-corrected chi connectivity index (χ4v) is 0.530. The van der Waals surface area contributed by atoms with Gasteiger partial charge in [0.2, 0.25) is 0 Å². The van der Waals surface area contributed by atoms with E-state index in [2.05, 4.69) is 6.92 Å². The Kier molecular flexibility index (Phi) is 8.12. The Morgan fingerprint density at radius 3 is 1.57 bits per heavy atom. The van der Waals surface area contributed by atoms with E-state index in [-0.39, 0.29) is 35.5 Å². The minimum absolute atomic E-state index is 0. The third-order valence-corrected chi connectivity index (χ3v) is 1.21. The quantitative estimate of drug-likeness (QED) is 0.272. The third-order valence-electron chi connectivity index (χ3n) is 1.21. The standard InChI is InChI=1S/C5H9.ClH.Mg/c1-5-3-2-4-5;;/h2-4H2,1H3;1H;/q-1;;+2/p-1. The summed E-state index contributed by atoms with van der Waals surface area (Å²) in [6, 6.07) is 0. The molecule has 7 heavy (non-hydrogen) atoms. The van der Waals surface area contributed by atoms with Gasteiger partial charge in [-0.2, -0.15) is 19.8 Å². The smallest absolute Gasteiger partial charge is 1.00 e. The number of hydrogen-bond donors (Lipinski definition) is 0. The van der Waals surface area contributed by atoms with Crippen molar-refractivity contribution in [2.75, 3.05) is 0 Å². The van der Waals surface area contributed by atoms with Crippen LogP contribution in [0.5, 0.6) is 0 Å². The van der Waals surface area contributed by atoms with E-state index in [0.717, 1.165) is 0 Å². The van der Waals surface area contributed by atoms with Gasteiger partial charge in [-0.25, -0.2) is 0 Å². The molecule has 0 saturated heterocycles. The van der Waals surface area contributed by atoms with Crippen LogP contribution in [0.15, 0.2) is 0 Å². The summed E-state index contributed by atoms with van der Waals surface area (Å²) in [5.74, 6) is 1.69. The van der Waals surface area contributed by atoms with Crippen molar-refractivity contribution >= 4 is 23.1 Å². The second-order valence-electron chi connectivity index (χ2n) is 1.81. The molecule has 0 spiro atoms. The molecule has 0 aromatic carbocycles. The molecular formula is C5H9ClMg. The van der Waals surface area contributed by atoms with E-state index in [4.69, 9.17) is 0 Å². The zero-order valence-corrected chi connectivity index (χ0v) is 6.88. The summed E-state index contributed by atoms with van der Waals surface area (Å²) in [5.41, 5.74) is 0. The van der Waals surface area contributed by atoms with Gasteiger partial charge in [0.05, 0.1) is 0 Å². The van der Waals surface area contributed by atoms with Gasteiger partial charge in [-0.15, -0.1) is 6.42 Å². The average molecular weight is 129 g/mol. The Bertz CT molecular complexity index is 35.1. The fourth-order valence-electron chi connectivity index (χ4n) is 0.530. The molecule has 2 heteroatoms. The first kappa shape index (κ1) is 10.9. The molecule has 1 fully saturated rings. The molecular weight excluding hydrogens is 120 g/mol. The molecule has 0 radical (unpaired) electrons. The normalized spacial score (nSPS) is 18.4. The van der Waals surface area contributed by atoms with Crippen molar-refractivity contribution in [3.8, 4) is 0 Å². The molecule has 1 rings (SSSR count). The minimum atomic E-state index is 0. The Labute approximate surface area is 67.6 Å². The molecule has 0 nitrogen and oxygen atoms in total. The van der Waals surface area contributed by atoms with Crippen LogP contribution in [0.3, 0.4) is 0 Å². The van der Waals surface area contributed by atoms with Crippen LogP contribution in [0.1, 0.15) is 26.2 Å². The van der Waals surface area contributed by atoms with Crippen molar-refractivity contribution in [1.82, 2.24) is 0 Å². The molecule has 0 heterocycles. The third kappa shape index (κ3) is 3.62. The van der Waals surface area contributed by atoms with Crippen LogP contribution >= 0.6 is 0 Å². The van der Waals surface area contributed by atoms with Crippen molar-refractivity contribution in [2.24, 2.45) is 0 Å². The zero-order chi connectivity index (χ0) is 3.70. The predicted molar refractivity (Wildman–Crippen MR) is 28.5 cm³/mol. The summed E-state index contributed by atoms with van der Waals surface area (Å²) in [5, 5.41) is 0. The van der Waals surface area contributed by atoms with Crippen LogP contribution in [-0.4, -0.2) is 23.1 Å². The van der Waals surface area contributed by atoms with Gasteiger partial charge < -0.3 is 18.3 Å². The molecule has 1 saturated carbocycles. The second-order valence-corrected chi connectivity index (χ2v) is 1.81. The molecule has 0 amide bonds. The molecule has 0 aromatic heterocycles. The summed E-state index contributed by atoms with van der Waals surface area (Å²) in [4.78, 5) is 0. The summed E-state index contributed by atoms with van der Waals surface area (Å²) in [6.45, 7) is 2.23. The Morgan fingerprint density at radius 2 is 1.57 bits per heavy atom. The van der Waals surface area contributed by atoms with Crippen molar-refractivity contribution < 1.29 is 12.4 Å². The topological polar surface area (TPSA) is 0 Å². The molecule has 0 aromatic rings. The van der Waals surface area contributed by atoms with Gasteiger partial charge in [0, 0.05) is 0 Å². The second kappa shape index (κ2) is 5.20. The van der Waals surface area contributed by atoms with Gasteiger partial charge >= 0.3 is 23.1 Å². The van der Waals surface area contributed by atoms with Gasteiger partial charge in [-0.05, 0) is 0 Å².